The van der Waals surface area contributed by atoms with Crippen molar-refractivity contribution in [3.8, 4) is 0 Å². The third-order valence-electron chi connectivity index (χ3n) is 5.38. The first-order valence-corrected chi connectivity index (χ1v) is 11.2. The molecule has 0 unspecified atom stereocenters. The van der Waals surface area contributed by atoms with E-state index in [1.54, 1.807) is 30.3 Å². The fourth-order valence-corrected chi connectivity index (χ4v) is 4.91. The number of sulfonamides is 1. The van der Waals surface area contributed by atoms with Crippen molar-refractivity contribution in [3.05, 3.63) is 40.3 Å². The minimum atomic E-state index is -3.49. The minimum absolute atomic E-state index is 0.0801. The van der Waals surface area contributed by atoms with Crippen LogP contribution < -0.4 is 4.72 Å². The molecule has 5 nitrogen and oxygen atoms in total. The van der Waals surface area contributed by atoms with Crippen molar-refractivity contribution in [1.82, 2.24) is 9.62 Å². The zero-order chi connectivity index (χ0) is 18.5. The van der Waals surface area contributed by atoms with Gasteiger partial charge in [-0.3, -0.25) is 4.90 Å². The fourth-order valence-electron chi connectivity index (χ4n) is 3.88. The first kappa shape index (κ1) is 19.8. The summed E-state index contributed by atoms with van der Waals surface area (Å²) < 4.78 is 33.2. The van der Waals surface area contributed by atoms with Crippen LogP contribution >= 0.6 is 11.6 Å². The van der Waals surface area contributed by atoms with Crippen molar-refractivity contribution in [2.24, 2.45) is 0 Å². The number of rotatable bonds is 6. The van der Waals surface area contributed by atoms with Gasteiger partial charge in [0, 0.05) is 35.6 Å². The number of ether oxygens (including phenoxy) is 1. The number of benzene rings is 1. The molecule has 1 aliphatic heterocycles. The Morgan fingerprint density at radius 3 is 2.42 bits per heavy atom. The first-order valence-electron chi connectivity index (χ1n) is 9.25. The van der Waals surface area contributed by atoms with E-state index in [1.807, 2.05) is 0 Å². The predicted octanol–water partition coefficient (Wildman–Crippen LogP) is 3.27. The predicted molar refractivity (Wildman–Crippen MR) is 106 cm³/mol. The van der Waals surface area contributed by atoms with Crippen LogP contribution in [0.15, 0.2) is 29.7 Å². The van der Waals surface area contributed by atoms with E-state index >= 15 is 0 Å². The Morgan fingerprint density at radius 2 is 1.77 bits per heavy atom. The molecule has 26 heavy (non-hydrogen) atoms. The SMILES string of the molecule is O=S(=O)(/C=C/c1ccc(Cl)cc1)NCC1(N2CCOCC2)CCCCC1. The number of nitrogens with one attached hydrogen (secondary N) is 1. The maximum atomic E-state index is 12.5. The fraction of sp³-hybridized carbons (Fsp3) is 0.579. The Labute approximate surface area is 161 Å². The number of hydrogen-bond acceptors (Lipinski definition) is 4. The highest BCUT2D eigenvalue weighted by atomic mass is 35.5. The minimum Gasteiger partial charge on any atom is -0.379 e. The van der Waals surface area contributed by atoms with Gasteiger partial charge >= 0.3 is 0 Å². The molecule has 0 spiro atoms. The van der Waals surface area contributed by atoms with Gasteiger partial charge in [-0.1, -0.05) is 43.0 Å². The number of halogens is 1. The Bertz CT molecular complexity index is 707. The molecule has 2 fully saturated rings. The van der Waals surface area contributed by atoms with Gasteiger partial charge in [0.15, 0.2) is 0 Å². The maximum absolute atomic E-state index is 12.5. The highest BCUT2D eigenvalue weighted by Gasteiger charge is 2.39. The topological polar surface area (TPSA) is 58.6 Å². The van der Waals surface area contributed by atoms with E-state index < -0.39 is 10.0 Å². The summed E-state index contributed by atoms with van der Waals surface area (Å²) in [5.41, 5.74) is 0.726. The van der Waals surface area contributed by atoms with Gasteiger partial charge in [-0.05, 0) is 36.6 Å². The number of hydrogen-bond donors (Lipinski definition) is 1. The van der Waals surface area contributed by atoms with Gasteiger partial charge in [-0.25, -0.2) is 13.1 Å². The van der Waals surface area contributed by atoms with E-state index in [1.165, 1.54) is 11.8 Å². The molecule has 0 amide bonds. The molecule has 1 heterocycles. The van der Waals surface area contributed by atoms with Crippen LogP contribution in [-0.2, 0) is 14.8 Å². The summed E-state index contributed by atoms with van der Waals surface area (Å²) in [6.45, 7) is 3.67. The van der Waals surface area contributed by atoms with Crippen LogP contribution in [0.5, 0.6) is 0 Å². The van der Waals surface area contributed by atoms with E-state index in [9.17, 15) is 8.42 Å². The second-order valence-electron chi connectivity index (χ2n) is 7.10. The van der Waals surface area contributed by atoms with E-state index in [0.717, 1.165) is 57.6 Å². The Balaban J connectivity index is 1.66. The second kappa shape index (κ2) is 8.85. The third kappa shape index (κ3) is 5.30. The zero-order valence-electron chi connectivity index (χ0n) is 15.0. The van der Waals surface area contributed by atoms with Gasteiger partial charge in [-0.2, -0.15) is 0 Å². The van der Waals surface area contributed by atoms with Gasteiger partial charge in [-0.15, -0.1) is 0 Å². The number of morpholine rings is 1. The molecule has 0 aromatic heterocycles. The molecule has 144 valence electrons. The van der Waals surface area contributed by atoms with Gasteiger partial charge in [0.2, 0.25) is 10.0 Å². The van der Waals surface area contributed by atoms with Crippen molar-refractivity contribution in [3.63, 3.8) is 0 Å². The summed E-state index contributed by atoms with van der Waals surface area (Å²) in [5, 5.41) is 1.87. The maximum Gasteiger partial charge on any atom is 0.233 e. The van der Waals surface area contributed by atoms with Crippen molar-refractivity contribution >= 4 is 27.7 Å². The Hall–Kier alpha value is -0.920. The normalized spacial score (nSPS) is 21.9. The second-order valence-corrected chi connectivity index (χ2v) is 9.19. The molecule has 0 atom stereocenters. The van der Waals surface area contributed by atoms with E-state index in [-0.39, 0.29) is 5.54 Å². The lowest BCUT2D eigenvalue weighted by Gasteiger charge is -2.48. The molecule has 0 bridgehead atoms. The molecular formula is C19H27ClN2O3S. The monoisotopic (exact) mass is 398 g/mol. The molecule has 3 rings (SSSR count). The average Bonchev–Trinajstić information content (AvgIpc) is 2.68. The van der Waals surface area contributed by atoms with Gasteiger partial charge < -0.3 is 4.74 Å². The van der Waals surface area contributed by atoms with Crippen molar-refractivity contribution in [2.75, 3.05) is 32.8 Å². The first-order chi connectivity index (χ1) is 12.5. The smallest absolute Gasteiger partial charge is 0.233 e. The Kier molecular flexibility index (Phi) is 6.75. The van der Waals surface area contributed by atoms with Crippen LogP contribution in [0, 0.1) is 0 Å². The van der Waals surface area contributed by atoms with Gasteiger partial charge in [0.1, 0.15) is 0 Å². The Morgan fingerprint density at radius 1 is 1.12 bits per heavy atom. The summed E-state index contributed by atoms with van der Waals surface area (Å²) in [4.78, 5) is 2.43. The summed E-state index contributed by atoms with van der Waals surface area (Å²) in [5.74, 6) is 0. The largest absolute Gasteiger partial charge is 0.379 e. The third-order valence-corrected chi connectivity index (χ3v) is 6.67. The highest BCUT2D eigenvalue weighted by molar-refractivity contribution is 7.92. The molecule has 1 saturated carbocycles. The molecule has 2 aliphatic rings. The molecule has 1 aliphatic carbocycles. The molecule has 7 heteroatoms. The molecule has 1 saturated heterocycles. The summed E-state index contributed by atoms with van der Waals surface area (Å²) in [6, 6.07) is 7.09. The van der Waals surface area contributed by atoms with E-state index in [2.05, 4.69) is 9.62 Å². The molecule has 1 N–H and O–H groups in total. The van der Waals surface area contributed by atoms with Crippen LogP contribution in [0.4, 0.5) is 0 Å². The lowest BCUT2D eigenvalue weighted by atomic mass is 9.80. The zero-order valence-corrected chi connectivity index (χ0v) is 16.6. The molecular weight excluding hydrogens is 372 g/mol. The molecule has 1 aromatic carbocycles. The highest BCUT2D eigenvalue weighted by Crippen LogP contribution is 2.34. The van der Waals surface area contributed by atoms with Crippen LogP contribution in [-0.4, -0.2) is 51.7 Å². The standard InChI is InChI=1S/C19H27ClN2O3S/c20-18-6-4-17(5-7-18)8-15-26(23,24)21-16-19(9-2-1-3-10-19)22-11-13-25-14-12-22/h4-8,15,21H,1-3,9-14,16H2/b15-8+. The van der Waals surface area contributed by atoms with Crippen LogP contribution in [0.1, 0.15) is 37.7 Å². The van der Waals surface area contributed by atoms with Crippen molar-refractivity contribution < 1.29 is 13.2 Å². The lowest BCUT2D eigenvalue weighted by molar-refractivity contribution is -0.0348. The van der Waals surface area contributed by atoms with Crippen LogP contribution in [0.2, 0.25) is 5.02 Å². The van der Waals surface area contributed by atoms with E-state index in [4.69, 9.17) is 16.3 Å². The van der Waals surface area contributed by atoms with Crippen LogP contribution in [0.3, 0.4) is 0 Å². The quantitative estimate of drug-likeness (QED) is 0.798. The lowest BCUT2D eigenvalue weighted by Crippen LogP contribution is -2.59. The van der Waals surface area contributed by atoms with Gasteiger partial charge in [0.25, 0.3) is 0 Å². The summed E-state index contributed by atoms with van der Waals surface area (Å²) in [7, 11) is -3.49. The van der Waals surface area contributed by atoms with Crippen molar-refractivity contribution in [2.45, 2.75) is 37.6 Å². The van der Waals surface area contributed by atoms with Gasteiger partial charge in [0.05, 0.1) is 13.2 Å². The van der Waals surface area contributed by atoms with Crippen molar-refractivity contribution in [1.29, 1.82) is 0 Å². The molecule has 0 radical (unpaired) electrons. The summed E-state index contributed by atoms with van der Waals surface area (Å²) in [6.07, 6.45) is 7.21. The van der Waals surface area contributed by atoms with Crippen LogP contribution in [0.25, 0.3) is 6.08 Å². The summed E-state index contributed by atoms with van der Waals surface area (Å²) >= 11 is 5.86. The number of nitrogens with zero attached hydrogens (tertiary/aromatic N) is 1. The average molecular weight is 399 g/mol. The van der Waals surface area contributed by atoms with E-state index in [0.29, 0.717) is 11.6 Å². The molecule has 1 aromatic rings.